The summed E-state index contributed by atoms with van der Waals surface area (Å²) in [5.74, 6) is 1.18. The molecule has 1 atom stereocenters. The molecule has 2 rings (SSSR count). The van der Waals surface area contributed by atoms with Gasteiger partial charge in [-0.3, -0.25) is 4.79 Å². The van der Waals surface area contributed by atoms with E-state index in [2.05, 4.69) is 24.0 Å². The molecule has 1 aliphatic carbocycles. The van der Waals surface area contributed by atoms with Crippen LogP contribution in [0.25, 0.3) is 0 Å². The Kier molecular flexibility index (Phi) is 6.32. The number of amides is 1. The molecule has 3 heteroatoms. The highest BCUT2D eigenvalue weighted by Crippen LogP contribution is 2.27. The zero-order valence-electron chi connectivity index (χ0n) is 12.6. The Balaban J connectivity index is 1.60. The van der Waals surface area contributed by atoms with Gasteiger partial charge >= 0.3 is 0 Å². The van der Waals surface area contributed by atoms with E-state index in [9.17, 15) is 4.79 Å². The van der Waals surface area contributed by atoms with Gasteiger partial charge < -0.3 is 10.1 Å². The van der Waals surface area contributed by atoms with Gasteiger partial charge in [-0.2, -0.15) is 0 Å². The molecule has 1 unspecified atom stereocenters. The second-order valence-corrected chi connectivity index (χ2v) is 5.89. The molecule has 0 bridgehead atoms. The van der Waals surface area contributed by atoms with Crippen LogP contribution in [-0.2, 0) is 9.53 Å². The highest BCUT2D eigenvalue weighted by atomic mass is 16.5. The second-order valence-electron chi connectivity index (χ2n) is 5.89. The van der Waals surface area contributed by atoms with Gasteiger partial charge in [-0.05, 0) is 42.9 Å². The first-order valence-electron chi connectivity index (χ1n) is 7.83. The van der Waals surface area contributed by atoms with Gasteiger partial charge in [0, 0.05) is 18.5 Å². The molecule has 0 radical (unpaired) electrons. The number of carbonyl (C=O) groups excluding carboxylic acids is 1. The Labute approximate surface area is 127 Å². The first-order chi connectivity index (χ1) is 10.2. The fourth-order valence-electron chi connectivity index (χ4n) is 2.78. The monoisotopic (exact) mass is 287 g/mol. The van der Waals surface area contributed by atoms with Gasteiger partial charge in [0.2, 0.25) is 5.91 Å². The molecule has 1 saturated carbocycles. The first kappa shape index (κ1) is 15.6. The number of allylic oxidation sites excluding steroid dienone is 4. The number of hydrogen-bond acceptors (Lipinski definition) is 2. The maximum absolute atomic E-state index is 11.7. The van der Waals surface area contributed by atoms with Crippen LogP contribution in [0.15, 0.2) is 48.9 Å². The van der Waals surface area contributed by atoms with Crippen molar-refractivity contribution >= 4 is 5.91 Å². The average molecular weight is 287 g/mol. The predicted octanol–water partition coefficient (Wildman–Crippen LogP) is 3.86. The Morgan fingerprint density at radius 1 is 1.33 bits per heavy atom. The van der Waals surface area contributed by atoms with E-state index in [0.717, 1.165) is 18.6 Å². The third-order valence-electron chi connectivity index (χ3n) is 4.02. The van der Waals surface area contributed by atoms with Crippen LogP contribution in [-0.4, -0.2) is 12.5 Å². The molecule has 2 aliphatic rings. The minimum atomic E-state index is 0.114. The zero-order chi connectivity index (χ0) is 14.9. The summed E-state index contributed by atoms with van der Waals surface area (Å²) in [4.78, 5) is 11.7. The lowest BCUT2D eigenvalue weighted by Gasteiger charge is -2.06. The van der Waals surface area contributed by atoms with Gasteiger partial charge in [0.05, 0.1) is 12.9 Å². The van der Waals surface area contributed by atoms with E-state index in [1.165, 1.54) is 25.7 Å². The van der Waals surface area contributed by atoms with E-state index < -0.39 is 0 Å². The smallest absolute Gasteiger partial charge is 0.224 e. The number of hydrogen-bond donors (Lipinski definition) is 1. The summed E-state index contributed by atoms with van der Waals surface area (Å²) < 4.78 is 5.16. The third kappa shape index (κ3) is 6.03. The molecule has 1 aliphatic heterocycles. The van der Waals surface area contributed by atoms with Crippen LogP contribution in [0.1, 0.15) is 38.5 Å². The molecule has 0 spiro atoms. The van der Waals surface area contributed by atoms with E-state index in [4.69, 9.17) is 4.74 Å². The zero-order valence-corrected chi connectivity index (χ0v) is 12.6. The van der Waals surface area contributed by atoms with E-state index in [1.807, 2.05) is 12.2 Å². The molecule has 0 saturated heterocycles. The van der Waals surface area contributed by atoms with E-state index in [0.29, 0.717) is 18.3 Å². The molecule has 21 heavy (non-hydrogen) atoms. The molecule has 1 heterocycles. The van der Waals surface area contributed by atoms with E-state index in [1.54, 1.807) is 12.5 Å². The molecule has 1 N–H and O–H groups in total. The number of rotatable bonds is 7. The van der Waals surface area contributed by atoms with Crippen molar-refractivity contribution in [1.82, 2.24) is 5.32 Å². The molecule has 0 aromatic rings. The van der Waals surface area contributed by atoms with E-state index >= 15 is 0 Å². The summed E-state index contributed by atoms with van der Waals surface area (Å²) >= 11 is 0. The van der Waals surface area contributed by atoms with Crippen LogP contribution in [0, 0.1) is 11.8 Å². The number of nitrogens with one attached hydrogen (secondary N) is 1. The van der Waals surface area contributed by atoms with Crippen molar-refractivity contribution in [2.45, 2.75) is 38.5 Å². The Morgan fingerprint density at radius 2 is 2.14 bits per heavy atom. The molecule has 114 valence electrons. The van der Waals surface area contributed by atoms with Crippen molar-refractivity contribution in [3.8, 4) is 0 Å². The lowest BCUT2D eigenvalue weighted by molar-refractivity contribution is -0.121. The summed E-state index contributed by atoms with van der Waals surface area (Å²) in [6.07, 6.45) is 18.0. The third-order valence-corrected chi connectivity index (χ3v) is 4.02. The fraction of sp³-hybridized carbons (Fsp3) is 0.500. The molecule has 0 aromatic heterocycles. The van der Waals surface area contributed by atoms with Crippen molar-refractivity contribution in [3.63, 3.8) is 0 Å². The first-order valence-corrected chi connectivity index (χ1v) is 7.83. The van der Waals surface area contributed by atoms with Gasteiger partial charge in [-0.1, -0.05) is 31.6 Å². The highest BCUT2D eigenvalue weighted by molar-refractivity contribution is 5.77. The highest BCUT2D eigenvalue weighted by Gasteiger charge is 2.17. The maximum Gasteiger partial charge on any atom is 0.224 e. The minimum absolute atomic E-state index is 0.114. The van der Waals surface area contributed by atoms with Crippen LogP contribution in [0.3, 0.4) is 0 Å². The number of ether oxygens (including phenoxy) is 1. The maximum atomic E-state index is 11.7. The molecule has 3 nitrogen and oxygen atoms in total. The molecule has 1 fully saturated rings. The minimum Gasteiger partial charge on any atom is -0.501 e. The van der Waals surface area contributed by atoms with Crippen LogP contribution in [0.4, 0.5) is 0 Å². The second kappa shape index (κ2) is 8.50. The summed E-state index contributed by atoms with van der Waals surface area (Å²) in [6, 6.07) is 0. The van der Waals surface area contributed by atoms with Crippen molar-refractivity contribution < 1.29 is 9.53 Å². The Bertz CT molecular complexity index is 442. The van der Waals surface area contributed by atoms with E-state index in [-0.39, 0.29) is 5.91 Å². The Morgan fingerprint density at radius 3 is 2.86 bits per heavy atom. The van der Waals surface area contributed by atoms with Gasteiger partial charge in [0.1, 0.15) is 0 Å². The van der Waals surface area contributed by atoms with Gasteiger partial charge in [-0.15, -0.1) is 0 Å². The molecule has 1 amide bonds. The Hall–Kier alpha value is -1.77. The van der Waals surface area contributed by atoms with Crippen molar-refractivity contribution in [3.05, 3.63) is 48.9 Å². The number of carbonyl (C=O) groups is 1. The van der Waals surface area contributed by atoms with Gasteiger partial charge in [-0.25, -0.2) is 0 Å². The largest absolute Gasteiger partial charge is 0.501 e. The summed E-state index contributed by atoms with van der Waals surface area (Å²) in [5, 5.41) is 2.83. The lowest BCUT2D eigenvalue weighted by Crippen LogP contribution is -2.19. The van der Waals surface area contributed by atoms with Crippen molar-refractivity contribution in [2.75, 3.05) is 6.61 Å². The SMILES string of the molecule is C=C(/C=C\NC(=O)CC1CCCC1)/C=C/CC1C=COC1. The topological polar surface area (TPSA) is 38.3 Å². The van der Waals surface area contributed by atoms with Crippen molar-refractivity contribution in [1.29, 1.82) is 0 Å². The molecular weight excluding hydrogens is 262 g/mol. The molecule has 0 aromatic carbocycles. The molecular formula is C18H25NO2. The standard InChI is InChI=1S/C18H25NO2/c1-15(5-4-8-17-10-12-21-14-17)9-11-19-18(20)13-16-6-2-3-7-16/h4-5,9-12,16-17H,1-3,6-8,13-14H2,(H,19,20)/b5-4+,11-9-. The van der Waals surface area contributed by atoms with Crippen LogP contribution >= 0.6 is 0 Å². The van der Waals surface area contributed by atoms with Crippen LogP contribution < -0.4 is 5.32 Å². The predicted molar refractivity (Wildman–Crippen MR) is 85.3 cm³/mol. The summed E-state index contributed by atoms with van der Waals surface area (Å²) in [6.45, 7) is 4.71. The van der Waals surface area contributed by atoms with Gasteiger partial charge in [0.15, 0.2) is 0 Å². The summed E-state index contributed by atoms with van der Waals surface area (Å²) in [5.41, 5.74) is 0.888. The van der Waals surface area contributed by atoms with Crippen LogP contribution in [0.2, 0.25) is 0 Å². The van der Waals surface area contributed by atoms with Crippen LogP contribution in [0.5, 0.6) is 0 Å². The quantitative estimate of drug-likeness (QED) is 0.722. The van der Waals surface area contributed by atoms with Gasteiger partial charge in [0.25, 0.3) is 0 Å². The lowest BCUT2D eigenvalue weighted by atomic mass is 10.0. The fourth-order valence-corrected chi connectivity index (χ4v) is 2.78. The normalized spacial score (nSPS) is 22.2. The van der Waals surface area contributed by atoms with Crippen molar-refractivity contribution in [2.24, 2.45) is 11.8 Å². The average Bonchev–Trinajstić information content (AvgIpc) is 3.12. The summed E-state index contributed by atoms with van der Waals surface area (Å²) in [7, 11) is 0.